The Kier molecular flexibility index (Phi) is 4.16. The van der Waals surface area contributed by atoms with Gasteiger partial charge in [0.2, 0.25) is 5.95 Å². The van der Waals surface area contributed by atoms with Gasteiger partial charge in [-0.25, -0.2) is 4.98 Å². The summed E-state index contributed by atoms with van der Waals surface area (Å²) in [7, 11) is 1.80. The highest BCUT2D eigenvalue weighted by Gasteiger charge is 2.10. The number of benzene rings is 1. The van der Waals surface area contributed by atoms with Crippen LogP contribution in [-0.2, 0) is 4.74 Å². The molecule has 1 fully saturated rings. The van der Waals surface area contributed by atoms with Gasteiger partial charge in [-0.2, -0.15) is 4.98 Å². The lowest BCUT2D eigenvalue weighted by molar-refractivity contribution is 0.122. The minimum absolute atomic E-state index is 0.602. The molecule has 110 valence electrons. The molecule has 2 aromatic rings. The molecule has 6 nitrogen and oxygen atoms in total. The van der Waals surface area contributed by atoms with Crippen molar-refractivity contribution >= 4 is 23.1 Å². The summed E-state index contributed by atoms with van der Waals surface area (Å²) in [5.41, 5.74) is 2.23. The first-order valence-electron chi connectivity index (χ1n) is 7.06. The zero-order chi connectivity index (χ0) is 14.5. The van der Waals surface area contributed by atoms with E-state index < -0.39 is 0 Å². The molecule has 2 N–H and O–H groups in total. The van der Waals surface area contributed by atoms with E-state index in [1.54, 1.807) is 13.2 Å². The second kappa shape index (κ2) is 6.41. The van der Waals surface area contributed by atoms with E-state index in [2.05, 4.69) is 49.8 Å². The number of rotatable bonds is 4. The molecule has 0 atom stereocenters. The molecule has 1 saturated heterocycles. The summed E-state index contributed by atoms with van der Waals surface area (Å²) in [4.78, 5) is 10.8. The van der Waals surface area contributed by atoms with Crippen LogP contribution in [0.15, 0.2) is 36.5 Å². The molecule has 2 heterocycles. The molecule has 6 heteroatoms. The van der Waals surface area contributed by atoms with Crippen LogP contribution in [0, 0.1) is 0 Å². The summed E-state index contributed by atoms with van der Waals surface area (Å²) in [6.45, 7) is 3.50. The molecule has 0 spiro atoms. The lowest BCUT2D eigenvalue weighted by Gasteiger charge is -2.28. The monoisotopic (exact) mass is 285 g/mol. The first-order valence-corrected chi connectivity index (χ1v) is 7.06. The van der Waals surface area contributed by atoms with Gasteiger partial charge in [-0.05, 0) is 30.3 Å². The number of ether oxygens (including phenoxy) is 1. The average Bonchev–Trinajstić information content (AvgIpc) is 2.56. The first kappa shape index (κ1) is 13.6. The van der Waals surface area contributed by atoms with Gasteiger partial charge in [0.05, 0.1) is 13.2 Å². The molecular formula is C15H19N5O. The van der Waals surface area contributed by atoms with Crippen LogP contribution >= 0.6 is 0 Å². The Hall–Kier alpha value is -2.34. The molecule has 1 aromatic heterocycles. The molecule has 1 aromatic carbocycles. The molecule has 0 unspecified atom stereocenters. The molecule has 21 heavy (non-hydrogen) atoms. The summed E-state index contributed by atoms with van der Waals surface area (Å²) < 4.78 is 5.37. The van der Waals surface area contributed by atoms with Gasteiger partial charge in [-0.15, -0.1) is 0 Å². The Labute approximate surface area is 124 Å². The Morgan fingerprint density at radius 2 is 1.86 bits per heavy atom. The van der Waals surface area contributed by atoms with Gasteiger partial charge in [-0.1, -0.05) is 0 Å². The maximum absolute atomic E-state index is 5.37. The summed E-state index contributed by atoms with van der Waals surface area (Å²) in [6.07, 6.45) is 1.73. The van der Waals surface area contributed by atoms with Crippen molar-refractivity contribution in [3.63, 3.8) is 0 Å². The van der Waals surface area contributed by atoms with Crippen LogP contribution < -0.4 is 15.5 Å². The van der Waals surface area contributed by atoms with Crippen LogP contribution in [0.4, 0.5) is 23.1 Å². The topological polar surface area (TPSA) is 62.3 Å². The third-order valence-electron chi connectivity index (χ3n) is 3.40. The van der Waals surface area contributed by atoms with E-state index in [0.717, 1.165) is 37.8 Å². The van der Waals surface area contributed by atoms with E-state index in [1.807, 2.05) is 6.07 Å². The third-order valence-corrected chi connectivity index (χ3v) is 3.40. The van der Waals surface area contributed by atoms with Crippen LogP contribution in [-0.4, -0.2) is 43.3 Å². The number of anilines is 4. The predicted octanol–water partition coefficient (Wildman–Crippen LogP) is 2.10. The quantitative estimate of drug-likeness (QED) is 0.897. The number of hydrogen-bond acceptors (Lipinski definition) is 6. The second-order valence-corrected chi connectivity index (χ2v) is 4.79. The molecule has 3 rings (SSSR count). The smallest absolute Gasteiger partial charge is 0.224 e. The van der Waals surface area contributed by atoms with Crippen molar-refractivity contribution in [1.29, 1.82) is 0 Å². The SMILES string of the molecule is CNc1nccc(Nc2ccc(N3CCOCC3)cc2)n1. The molecule has 0 radical (unpaired) electrons. The van der Waals surface area contributed by atoms with Crippen molar-refractivity contribution in [3.8, 4) is 0 Å². The molecular weight excluding hydrogens is 266 g/mol. The van der Waals surface area contributed by atoms with Crippen LogP contribution in [0.5, 0.6) is 0 Å². The van der Waals surface area contributed by atoms with E-state index in [0.29, 0.717) is 5.95 Å². The highest BCUT2D eigenvalue weighted by atomic mass is 16.5. The Bertz CT molecular complexity index is 581. The van der Waals surface area contributed by atoms with Gasteiger partial charge in [0.15, 0.2) is 0 Å². The molecule has 1 aliphatic heterocycles. The molecule has 0 amide bonds. The van der Waals surface area contributed by atoms with Crippen molar-refractivity contribution in [2.24, 2.45) is 0 Å². The van der Waals surface area contributed by atoms with Gasteiger partial charge in [0.25, 0.3) is 0 Å². The van der Waals surface area contributed by atoms with Gasteiger partial charge in [0.1, 0.15) is 5.82 Å². The fourth-order valence-corrected chi connectivity index (χ4v) is 2.27. The van der Waals surface area contributed by atoms with E-state index in [4.69, 9.17) is 4.74 Å². The Morgan fingerprint density at radius 1 is 1.10 bits per heavy atom. The number of hydrogen-bond donors (Lipinski definition) is 2. The van der Waals surface area contributed by atoms with Crippen molar-refractivity contribution in [3.05, 3.63) is 36.5 Å². The van der Waals surface area contributed by atoms with E-state index >= 15 is 0 Å². The van der Waals surface area contributed by atoms with Crippen molar-refractivity contribution < 1.29 is 4.74 Å². The van der Waals surface area contributed by atoms with E-state index in [-0.39, 0.29) is 0 Å². The molecule has 0 bridgehead atoms. The van der Waals surface area contributed by atoms with Gasteiger partial charge >= 0.3 is 0 Å². The highest BCUT2D eigenvalue weighted by molar-refractivity contribution is 5.61. The number of morpholine rings is 1. The van der Waals surface area contributed by atoms with Crippen LogP contribution in [0.1, 0.15) is 0 Å². The standard InChI is InChI=1S/C15H19N5O/c1-16-15-17-7-6-14(19-15)18-12-2-4-13(5-3-12)20-8-10-21-11-9-20/h2-7H,8-11H2,1H3,(H2,16,17,18,19). The minimum Gasteiger partial charge on any atom is -0.378 e. The minimum atomic E-state index is 0.602. The van der Waals surface area contributed by atoms with E-state index in [1.165, 1.54) is 5.69 Å². The van der Waals surface area contributed by atoms with Gasteiger partial charge in [0, 0.05) is 37.7 Å². The van der Waals surface area contributed by atoms with Crippen LogP contribution in [0.25, 0.3) is 0 Å². The summed E-state index contributed by atoms with van der Waals surface area (Å²) in [5.74, 6) is 1.37. The van der Waals surface area contributed by atoms with Crippen LogP contribution in [0.2, 0.25) is 0 Å². The fourth-order valence-electron chi connectivity index (χ4n) is 2.27. The summed E-state index contributed by atoms with van der Waals surface area (Å²) in [6, 6.07) is 10.2. The second-order valence-electron chi connectivity index (χ2n) is 4.79. The fraction of sp³-hybridized carbons (Fsp3) is 0.333. The summed E-state index contributed by atoms with van der Waals surface area (Å²) in [5, 5.41) is 6.20. The van der Waals surface area contributed by atoms with Crippen molar-refractivity contribution in [1.82, 2.24) is 9.97 Å². The van der Waals surface area contributed by atoms with Gasteiger partial charge < -0.3 is 20.3 Å². The third kappa shape index (κ3) is 3.41. The zero-order valence-corrected chi connectivity index (χ0v) is 12.0. The first-order chi connectivity index (χ1) is 10.3. The maximum Gasteiger partial charge on any atom is 0.224 e. The zero-order valence-electron chi connectivity index (χ0n) is 12.0. The van der Waals surface area contributed by atoms with Crippen molar-refractivity contribution in [2.75, 3.05) is 48.9 Å². The van der Waals surface area contributed by atoms with Gasteiger partial charge in [-0.3, -0.25) is 0 Å². The van der Waals surface area contributed by atoms with Crippen molar-refractivity contribution in [2.45, 2.75) is 0 Å². The Morgan fingerprint density at radius 3 is 2.57 bits per heavy atom. The maximum atomic E-state index is 5.37. The predicted molar refractivity (Wildman–Crippen MR) is 84.3 cm³/mol. The molecule has 0 saturated carbocycles. The molecule has 0 aliphatic carbocycles. The van der Waals surface area contributed by atoms with E-state index in [9.17, 15) is 0 Å². The lowest BCUT2D eigenvalue weighted by Crippen LogP contribution is -2.36. The Balaban J connectivity index is 1.68. The molecule has 1 aliphatic rings. The summed E-state index contributed by atoms with van der Waals surface area (Å²) >= 11 is 0. The number of nitrogens with one attached hydrogen (secondary N) is 2. The number of nitrogens with zero attached hydrogens (tertiary/aromatic N) is 3. The van der Waals surface area contributed by atoms with Crippen LogP contribution in [0.3, 0.4) is 0 Å². The lowest BCUT2D eigenvalue weighted by atomic mass is 10.2. The highest BCUT2D eigenvalue weighted by Crippen LogP contribution is 2.21. The largest absolute Gasteiger partial charge is 0.378 e. The number of aromatic nitrogens is 2. The normalized spacial score (nSPS) is 14.8. The average molecular weight is 285 g/mol.